The molecule has 186 valence electrons. The second-order valence-electron chi connectivity index (χ2n) is 9.59. The molecular formula is C28H29F2N5O. The number of pyridine rings is 1. The van der Waals surface area contributed by atoms with Crippen LogP contribution in [0.2, 0.25) is 0 Å². The molecule has 0 bridgehead atoms. The second-order valence-corrected chi connectivity index (χ2v) is 9.59. The first-order chi connectivity index (χ1) is 17.2. The Labute approximate surface area is 208 Å². The van der Waals surface area contributed by atoms with Gasteiger partial charge < -0.3 is 4.98 Å². The van der Waals surface area contributed by atoms with Gasteiger partial charge in [0.05, 0.1) is 28.1 Å². The fourth-order valence-electron chi connectivity index (χ4n) is 4.75. The minimum atomic E-state index is -0.678. The molecule has 0 spiro atoms. The van der Waals surface area contributed by atoms with Crippen LogP contribution in [-0.4, -0.2) is 25.1 Å². The molecule has 3 heterocycles. The first-order valence-corrected chi connectivity index (χ1v) is 12.1. The number of nitrogens with zero attached hydrogens (tertiary/aromatic N) is 4. The number of aromatic nitrogens is 5. The highest BCUT2D eigenvalue weighted by Crippen LogP contribution is 2.39. The SMILES string of the molecule is CCCc1cc(-c2c(F)cccc2F)nnc1[C@@](C)(CC(C)C)c1ccnc(-c2cc[nH]c(=O)c2)n1. The number of rotatable bonds is 8. The van der Waals surface area contributed by atoms with Crippen molar-refractivity contribution in [3.8, 4) is 22.6 Å². The summed E-state index contributed by atoms with van der Waals surface area (Å²) < 4.78 is 29.0. The normalized spacial score (nSPS) is 13.1. The maximum Gasteiger partial charge on any atom is 0.248 e. The lowest BCUT2D eigenvalue weighted by Gasteiger charge is -2.32. The summed E-state index contributed by atoms with van der Waals surface area (Å²) in [5.41, 5.74) is 2.01. The summed E-state index contributed by atoms with van der Waals surface area (Å²) in [4.78, 5) is 23.7. The average Bonchev–Trinajstić information content (AvgIpc) is 2.84. The van der Waals surface area contributed by atoms with E-state index in [2.05, 4.69) is 40.9 Å². The smallest absolute Gasteiger partial charge is 0.248 e. The van der Waals surface area contributed by atoms with E-state index in [4.69, 9.17) is 4.98 Å². The Morgan fingerprint density at radius 3 is 2.47 bits per heavy atom. The molecule has 4 aromatic rings. The third-order valence-corrected chi connectivity index (χ3v) is 6.20. The Bertz CT molecular complexity index is 1420. The number of H-pyrrole nitrogens is 1. The van der Waals surface area contributed by atoms with E-state index in [0.717, 1.165) is 17.7 Å². The number of hydrogen-bond donors (Lipinski definition) is 1. The third kappa shape index (κ3) is 5.08. The Morgan fingerprint density at radius 1 is 1.06 bits per heavy atom. The quantitative estimate of drug-likeness (QED) is 0.335. The van der Waals surface area contributed by atoms with Gasteiger partial charge in [-0.1, -0.05) is 33.3 Å². The summed E-state index contributed by atoms with van der Waals surface area (Å²) in [7, 11) is 0. The molecule has 6 nitrogen and oxygen atoms in total. The molecule has 0 amide bonds. The highest BCUT2D eigenvalue weighted by Gasteiger charge is 2.36. The van der Waals surface area contributed by atoms with Crippen molar-refractivity contribution in [2.75, 3.05) is 0 Å². The molecule has 0 aliphatic carbocycles. The van der Waals surface area contributed by atoms with Crippen LogP contribution in [0.15, 0.2) is 59.7 Å². The van der Waals surface area contributed by atoms with Crippen LogP contribution >= 0.6 is 0 Å². The largest absolute Gasteiger partial charge is 0.329 e. The number of nitrogens with one attached hydrogen (secondary N) is 1. The van der Waals surface area contributed by atoms with E-state index < -0.39 is 17.0 Å². The highest BCUT2D eigenvalue weighted by atomic mass is 19.1. The number of aryl methyl sites for hydroxylation is 1. The second kappa shape index (κ2) is 10.4. The zero-order valence-electron chi connectivity index (χ0n) is 20.8. The van der Waals surface area contributed by atoms with Crippen LogP contribution in [0.25, 0.3) is 22.6 Å². The van der Waals surface area contributed by atoms with E-state index in [1.54, 1.807) is 24.5 Å². The lowest BCUT2D eigenvalue weighted by Crippen LogP contribution is -2.30. The molecule has 0 fully saturated rings. The van der Waals surface area contributed by atoms with Crippen LogP contribution in [0.5, 0.6) is 0 Å². The van der Waals surface area contributed by atoms with Crippen LogP contribution in [0, 0.1) is 17.6 Å². The molecule has 0 saturated carbocycles. The summed E-state index contributed by atoms with van der Waals surface area (Å²) in [5, 5.41) is 8.86. The molecule has 0 aliphatic rings. The maximum absolute atomic E-state index is 14.5. The Balaban J connectivity index is 1.89. The fraction of sp³-hybridized carbons (Fsp3) is 0.321. The molecule has 4 rings (SSSR count). The molecule has 36 heavy (non-hydrogen) atoms. The van der Waals surface area contributed by atoms with Crippen molar-refractivity contribution in [3.05, 3.63) is 93.8 Å². The van der Waals surface area contributed by atoms with Gasteiger partial charge in [-0.3, -0.25) is 4.79 Å². The zero-order chi connectivity index (χ0) is 25.9. The zero-order valence-corrected chi connectivity index (χ0v) is 20.8. The van der Waals surface area contributed by atoms with Crippen molar-refractivity contribution >= 4 is 0 Å². The Hall–Kier alpha value is -3.81. The van der Waals surface area contributed by atoms with Gasteiger partial charge in [0.2, 0.25) is 5.56 Å². The van der Waals surface area contributed by atoms with E-state index >= 15 is 0 Å². The minimum absolute atomic E-state index is 0.164. The lowest BCUT2D eigenvalue weighted by atomic mass is 9.74. The summed E-state index contributed by atoms with van der Waals surface area (Å²) in [6.45, 7) is 8.34. The van der Waals surface area contributed by atoms with Gasteiger partial charge >= 0.3 is 0 Å². The summed E-state index contributed by atoms with van der Waals surface area (Å²) in [6.07, 6.45) is 5.42. The van der Waals surface area contributed by atoms with Crippen LogP contribution < -0.4 is 5.56 Å². The predicted molar refractivity (Wildman–Crippen MR) is 135 cm³/mol. The van der Waals surface area contributed by atoms with Gasteiger partial charge in [0.15, 0.2) is 5.82 Å². The monoisotopic (exact) mass is 489 g/mol. The van der Waals surface area contributed by atoms with Crippen molar-refractivity contribution in [1.29, 1.82) is 0 Å². The Morgan fingerprint density at radius 2 is 1.81 bits per heavy atom. The van der Waals surface area contributed by atoms with Crippen molar-refractivity contribution in [3.63, 3.8) is 0 Å². The minimum Gasteiger partial charge on any atom is -0.329 e. The fourth-order valence-corrected chi connectivity index (χ4v) is 4.75. The number of benzene rings is 1. The molecule has 1 N–H and O–H groups in total. The van der Waals surface area contributed by atoms with Crippen molar-refractivity contribution < 1.29 is 8.78 Å². The molecule has 0 aliphatic heterocycles. The first kappa shape index (κ1) is 25.3. The van der Waals surface area contributed by atoms with Crippen LogP contribution in [0.3, 0.4) is 0 Å². The molecule has 0 saturated heterocycles. The number of aromatic amines is 1. The van der Waals surface area contributed by atoms with E-state index in [-0.39, 0.29) is 22.7 Å². The molecule has 8 heteroatoms. The summed E-state index contributed by atoms with van der Waals surface area (Å²) >= 11 is 0. The van der Waals surface area contributed by atoms with Crippen LogP contribution in [0.1, 0.15) is 57.5 Å². The van der Waals surface area contributed by atoms with Gasteiger partial charge in [-0.2, -0.15) is 5.10 Å². The average molecular weight is 490 g/mol. The lowest BCUT2D eigenvalue weighted by molar-refractivity contribution is 0.403. The molecule has 1 atom stereocenters. The van der Waals surface area contributed by atoms with Crippen molar-refractivity contribution in [1.82, 2.24) is 25.1 Å². The van der Waals surface area contributed by atoms with E-state index in [1.165, 1.54) is 24.3 Å². The van der Waals surface area contributed by atoms with E-state index in [1.807, 2.05) is 13.0 Å². The van der Waals surface area contributed by atoms with Gasteiger partial charge in [0.1, 0.15) is 11.6 Å². The van der Waals surface area contributed by atoms with Crippen LogP contribution in [-0.2, 0) is 11.8 Å². The van der Waals surface area contributed by atoms with Gasteiger partial charge in [-0.25, -0.2) is 18.7 Å². The third-order valence-electron chi connectivity index (χ3n) is 6.20. The van der Waals surface area contributed by atoms with Crippen LogP contribution in [0.4, 0.5) is 8.78 Å². The molecule has 3 aromatic heterocycles. The van der Waals surface area contributed by atoms with E-state index in [9.17, 15) is 13.6 Å². The highest BCUT2D eigenvalue weighted by molar-refractivity contribution is 5.62. The van der Waals surface area contributed by atoms with Gasteiger partial charge in [-0.05, 0) is 61.6 Å². The molecular weight excluding hydrogens is 460 g/mol. The molecule has 1 aromatic carbocycles. The first-order valence-electron chi connectivity index (χ1n) is 12.1. The summed E-state index contributed by atoms with van der Waals surface area (Å²) in [5.74, 6) is -0.637. The van der Waals surface area contributed by atoms with Gasteiger partial charge in [0.25, 0.3) is 0 Å². The Kier molecular flexibility index (Phi) is 7.33. The van der Waals surface area contributed by atoms with Gasteiger partial charge in [0, 0.05) is 24.0 Å². The topological polar surface area (TPSA) is 84.4 Å². The standard InChI is InChI=1S/C28H29F2N5O/c1-5-7-18-14-22(25-20(29)8-6-9-21(25)30)34-35-26(18)28(4,16-17(2)3)23-11-13-32-27(33-23)19-10-12-31-24(36)15-19/h6,8-15,17H,5,7,16H2,1-4H3,(H,31,36)/t28-/m0/s1. The van der Waals surface area contributed by atoms with Gasteiger partial charge in [-0.15, -0.1) is 5.10 Å². The van der Waals surface area contributed by atoms with Crippen molar-refractivity contribution in [2.45, 2.75) is 52.4 Å². The number of halogens is 2. The molecule has 0 unspecified atom stereocenters. The number of hydrogen-bond acceptors (Lipinski definition) is 5. The van der Waals surface area contributed by atoms with Crippen molar-refractivity contribution in [2.24, 2.45) is 5.92 Å². The predicted octanol–water partition coefficient (Wildman–Crippen LogP) is 5.87. The maximum atomic E-state index is 14.5. The summed E-state index contributed by atoms with van der Waals surface area (Å²) in [6, 6.07) is 10.6. The van der Waals surface area contributed by atoms with E-state index in [0.29, 0.717) is 29.9 Å². The molecule has 0 radical (unpaired) electrons.